The normalized spacial score (nSPS) is 35.8. The van der Waals surface area contributed by atoms with E-state index in [4.69, 9.17) is 0 Å². The first-order valence-electron chi connectivity index (χ1n) is 8.47. The minimum absolute atomic E-state index is 0.233. The molecule has 2 N–H and O–H groups in total. The zero-order valence-corrected chi connectivity index (χ0v) is 12.8. The van der Waals surface area contributed by atoms with Gasteiger partial charge < -0.3 is 10.2 Å². The summed E-state index contributed by atoms with van der Waals surface area (Å²) in [7, 11) is 0. The number of piperidine rings is 1. The van der Waals surface area contributed by atoms with Gasteiger partial charge >= 0.3 is 6.03 Å². The molecule has 2 saturated heterocycles. The van der Waals surface area contributed by atoms with Crippen LogP contribution in [0.25, 0.3) is 0 Å². The largest absolute Gasteiger partial charge is 0.342 e. The van der Waals surface area contributed by atoms with Crippen molar-refractivity contribution in [3.63, 3.8) is 0 Å². The Bertz CT molecular complexity index is 525. The molecule has 0 aromatic rings. The fourth-order valence-corrected chi connectivity index (χ4v) is 5.00. The second kappa shape index (κ2) is 4.96. The van der Waals surface area contributed by atoms with Gasteiger partial charge in [0.25, 0.3) is 5.91 Å². The maximum atomic E-state index is 12.5. The molecule has 2 bridgehead atoms. The van der Waals surface area contributed by atoms with Gasteiger partial charge in [0, 0.05) is 19.5 Å². The number of amides is 4. The van der Waals surface area contributed by atoms with Crippen molar-refractivity contribution in [2.45, 2.75) is 50.5 Å². The molecule has 120 valence electrons. The number of imide groups is 1. The lowest BCUT2D eigenvalue weighted by atomic mass is 9.84. The highest BCUT2D eigenvalue weighted by atomic mass is 16.2. The Kier molecular flexibility index (Phi) is 3.16. The smallest absolute Gasteiger partial charge is 0.322 e. The number of fused-ring (bicyclic) bond motifs is 2. The quantitative estimate of drug-likeness (QED) is 0.748. The van der Waals surface area contributed by atoms with Gasteiger partial charge in [-0.15, -0.1) is 0 Å². The molecule has 3 atom stereocenters. The van der Waals surface area contributed by atoms with E-state index in [1.165, 1.54) is 25.7 Å². The van der Waals surface area contributed by atoms with Crippen molar-refractivity contribution in [1.29, 1.82) is 0 Å². The number of hydrogen-bond donors (Lipinski definition) is 2. The summed E-state index contributed by atoms with van der Waals surface area (Å²) in [5, 5.41) is 5.04. The van der Waals surface area contributed by atoms with E-state index in [0.29, 0.717) is 38.3 Å². The number of likely N-dealkylation sites (tertiary alicyclic amines) is 1. The Labute approximate surface area is 130 Å². The predicted octanol–water partition coefficient (Wildman–Crippen LogP) is 1.01. The molecule has 4 amide bonds. The predicted molar refractivity (Wildman–Crippen MR) is 78.8 cm³/mol. The molecule has 2 saturated carbocycles. The van der Waals surface area contributed by atoms with Gasteiger partial charge in [-0.05, 0) is 49.9 Å². The molecule has 3 unspecified atom stereocenters. The van der Waals surface area contributed by atoms with Crippen molar-refractivity contribution in [2.75, 3.05) is 13.1 Å². The third-order valence-electron chi connectivity index (χ3n) is 6.31. The van der Waals surface area contributed by atoms with Crippen LogP contribution in [0.3, 0.4) is 0 Å². The Morgan fingerprint density at radius 3 is 2.50 bits per heavy atom. The summed E-state index contributed by atoms with van der Waals surface area (Å²) >= 11 is 0. The van der Waals surface area contributed by atoms with E-state index in [2.05, 4.69) is 10.6 Å². The first kappa shape index (κ1) is 14.0. The van der Waals surface area contributed by atoms with Gasteiger partial charge in [-0.3, -0.25) is 14.9 Å². The molecule has 1 spiro atoms. The second-order valence-corrected chi connectivity index (χ2v) is 7.51. The van der Waals surface area contributed by atoms with Gasteiger partial charge in [0.15, 0.2) is 0 Å². The van der Waals surface area contributed by atoms with E-state index >= 15 is 0 Å². The average Bonchev–Trinajstić information content (AvgIpc) is 3.16. The number of rotatable bonds is 2. The molecule has 0 radical (unpaired) electrons. The van der Waals surface area contributed by atoms with Crippen LogP contribution in [0.1, 0.15) is 44.9 Å². The molecule has 4 rings (SSSR count). The molecule has 2 aliphatic heterocycles. The summed E-state index contributed by atoms with van der Waals surface area (Å²) in [6, 6.07) is -0.410. The standard InChI is InChI=1S/C16H23N3O3/c20-13(9-12-8-10-1-2-11(12)7-10)19-5-3-16(4-6-19)14(21)17-15(22)18-16/h10-12H,1-9H2,(H2,17,18,21,22). The molecule has 6 heteroatoms. The van der Waals surface area contributed by atoms with E-state index in [-0.39, 0.29) is 11.8 Å². The Morgan fingerprint density at radius 2 is 1.95 bits per heavy atom. The highest BCUT2D eigenvalue weighted by molar-refractivity contribution is 6.07. The molecular formula is C16H23N3O3. The van der Waals surface area contributed by atoms with Crippen molar-refractivity contribution < 1.29 is 14.4 Å². The van der Waals surface area contributed by atoms with E-state index in [0.717, 1.165) is 11.8 Å². The minimum atomic E-state index is -0.777. The number of urea groups is 1. The van der Waals surface area contributed by atoms with E-state index in [1.54, 1.807) is 0 Å². The van der Waals surface area contributed by atoms with Crippen LogP contribution in [-0.2, 0) is 9.59 Å². The lowest BCUT2D eigenvalue weighted by molar-refractivity contribution is -0.136. The molecular weight excluding hydrogens is 282 g/mol. The molecule has 6 nitrogen and oxygen atoms in total. The zero-order chi connectivity index (χ0) is 15.3. The SMILES string of the molecule is O=C1NC(=O)C2(CCN(C(=O)CC3CC4CCC3C4)CC2)N1. The van der Waals surface area contributed by atoms with Crippen molar-refractivity contribution in [2.24, 2.45) is 17.8 Å². The summed E-state index contributed by atoms with van der Waals surface area (Å²) < 4.78 is 0. The highest BCUT2D eigenvalue weighted by Gasteiger charge is 2.48. The van der Waals surface area contributed by atoms with Crippen LogP contribution in [0.5, 0.6) is 0 Å². The van der Waals surface area contributed by atoms with Gasteiger partial charge in [-0.25, -0.2) is 4.79 Å². The fourth-order valence-electron chi connectivity index (χ4n) is 5.00. The average molecular weight is 305 g/mol. The number of carbonyl (C=O) groups is 3. The number of nitrogens with zero attached hydrogens (tertiary/aromatic N) is 1. The molecule has 4 fully saturated rings. The second-order valence-electron chi connectivity index (χ2n) is 7.51. The lowest BCUT2D eigenvalue weighted by Gasteiger charge is -2.37. The summed E-state index contributed by atoms with van der Waals surface area (Å²) in [5.74, 6) is 2.21. The Morgan fingerprint density at radius 1 is 1.18 bits per heavy atom. The van der Waals surface area contributed by atoms with Crippen LogP contribution in [0.2, 0.25) is 0 Å². The van der Waals surface area contributed by atoms with Crippen LogP contribution < -0.4 is 10.6 Å². The molecule has 0 aromatic heterocycles. The molecule has 0 aromatic carbocycles. The zero-order valence-electron chi connectivity index (χ0n) is 12.8. The van der Waals surface area contributed by atoms with Crippen molar-refractivity contribution >= 4 is 17.8 Å². The molecule has 22 heavy (non-hydrogen) atoms. The maximum Gasteiger partial charge on any atom is 0.322 e. The first-order valence-corrected chi connectivity index (χ1v) is 8.47. The van der Waals surface area contributed by atoms with Gasteiger partial charge in [-0.2, -0.15) is 0 Å². The van der Waals surface area contributed by atoms with Crippen molar-refractivity contribution in [3.8, 4) is 0 Å². The molecule has 2 heterocycles. The number of carbonyl (C=O) groups excluding carboxylic acids is 3. The minimum Gasteiger partial charge on any atom is -0.342 e. The third kappa shape index (κ3) is 2.20. The third-order valence-corrected chi connectivity index (χ3v) is 6.31. The lowest BCUT2D eigenvalue weighted by Crippen LogP contribution is -2.55. The molecule has 4 aliphatic rings. The van der Waals surface area contributed by atoms with E-state index < -0.39 is 11.6 Å². The van der Waals surface area contributed by atoms with Crippen LogP contribution in [-0.4, -0.2) is 41.4 Å². The van der Waals surface area contributed by atoms with Crippen LogP contribution in [0.4, 0.5) is 4.79 Å². The topological polar surface area (TPSA) is 78.5 Å². The van der Waals surface area contributed by atoms with Crippen molar-refractivity contribution in [1.82, 2.24) is 15.5 Å². The highest BCUT2D eigenvalue weighted by Crippen LogP contribution is 2.49. The van der Waals surface area contributed by atoms with E-state index in [9.17, 15) is 14.4 Å². The van der Waals surface area contributed by atoms with Crippen LogP contribution in [0, 0.1) is 17.8 Å². The first-order chi connectivity index (χ1) is 10.6. The summed E-state index contributed by atoms with van der Waals surface area (Å²) in [4.78, 5) is 37.6. The number of hydrogen-bond acceptors (Lipinski definition) is 3. The maximum absolute atomic E-state index is 12.5. The van der Waals surface area contributed by atoms with Crippen LogP contribution in [0.15, 0.2) is 0 Å². The van der Waals surface area contributed by atoms with Gasteiger partial charge in [0.1, 0.15) is 5.54 Å². The summed E-state index contributed by atoms with van der Waals surface area (Å²) in [6.07, 6.45) is 6.93. The summed E-state index contributed by atoms with van der Waals surface area (Å²) in [5.41, 5.74) is -0.777. The number of nitrogens with one attached hydrogen (secondary N) is 2. The molecule has 2 aliphatic carbocycles. The van der Waals surface area contributed by atoms with Gasteiger partial charge in [0.2, 0.25) is 5.91 Å². The Hall–Kier alpha value is -1.59. The van der Waals surface area contributed by atoms with Gasteiger partial charge in [-0.1, -0.05) is 6.42 Å². The Balaban J connectivity index is 1.33. The monoisotopic (exact) mass is 305 g/mol. The fraction of sp³-hybridized carbons (Fsp3) is 0.812. The van der Waals surface area contributed by atoms with Gasteiger partial charge in [0.05, 0.1) is 0 Å². The van der Waals surface area contributed by atoms with Crippen LogP contribution >= 0.6 is 0 Å². The van der Waals surface area contributed by atoms with Crippen molar-refractivity contribution in [3.05, 3.63) is 0 Å². The van der Waals surface area contributed by atoms with E-state index in [1.807, 2.05) is 4.90 Å². The summed E-state index contributed by atoms with van der Waals surface area (Å²) in [6.45, 7) is 1.13.